The van der Waals surface area contributed by atoms with Crippen molar-refractivity contribution in [2.45, 2.75) is 19.5 Å². The van der Waals surface area contributed by atoms with Crippen LogP contribution < -0.4 is 11.1 Å². The van der Waals surface area contributed by atoms with E-state index >= 15 is 0 Å². The number of carbonyl (C=O) groups is 3. The summed E-state index contributed by atoms with van der Waals surface area (Å²) in [6.45, 7) is 1.81. The number of primary amides is 1. The summed E-state index contributed by atoms with van der Waals surface area (Å²) in [5.41, 5.74) is 6.63. The van der Waals surface area contributed by atoms with Crippen molar-refractivity contribution in [3.63, 3.8) is 0 Å². The van der Waals surface area contributed by atoms with E-state index in [2.05, 4.69) is 15.4 Å². The molecule has 39 heavy (non-hydrogen) atoms. The average Bonchev–Trinajstić information content (AvgIpc) is 3.25. The lowest BCUT2D eigenvalue weighted by Gasteiger charge is -2.09. The molecule has 202 valence electrons. The SMILES string of the molecule is Cc1cc(-n2nc(Nc3cccc(C(F)(F)F)c3)cc2CC(N)=O)ccn1.O=C(O)c1cccc(C(=O)O)c1. The van der Waals surface area contributed by atoms with Crippen LogP contribution in [0.25, 0.3) is 5.69 Å². The van der Waals surface area contributed by atoms with Crippen molar-refractivity contribution in [2.24, 2.45) is 5.73 Å². The Hall–Kier alpha value is -5.20. The molecule has 4 aromatic rings. The molecule has 0 saturated carbocycles. The highest BCUT2D eigenvalue weighted by Crippen LogP contribution is 2.31. The summed E-state index contributed by atoms with van der Waals surface area (Å²) in [5, 5.41) is 24.2. The lowest BCUT2D eigenvalue weighted by molar-refractivity contribution is -0.137. The van der Waals surface area contributed by atoms with Crippen molar-refractivity contribution >= 4 is 29.4 Å². The maximum absolute atomic E-state index is 12.9. The molecule has 1 amide bonds. The molecule has 13 heteroatoms. The molecule has 2 aromatic heterocycles. The van der Waals surface area contributed by atoms with Crippen LogP contribution in [0.15, 0.2) is 72.9 Å². The number of rotatable bonds is 7. The zero-order valence-corrected chi connectivity index (χ0v) is 20.3. The van der Waals surface area contributed by atoms with Crippen LogP contribution in [-0.4, -0.2) is 42.8 Å². The van der Waals surface area contributed by atoms with E-state index in [0.717, 1.165) is 23.9 Å². The molecule has 2 aromatic carbocycles. The number of nitrogens with one attached hydrogen (secondary N) is 1. The van der Waals surface area contributed by atoms with Crippen molar-refractivity contribution in [1.29, 1.82) is 0 Å². The average molecular weight is 541 g/mol. The third-order valence-corrected chi connectivity index (χ3v) is 5.08. The molecule has 0 saturated heterocycles. The molecular formula is C26H22F3N5O5. The molecule has 0 spiro atoms. The Morgan fingerprint density at radius 3 is 2.15 bits per heavy atom. The van der Waals surface area contributed by atoms with E-state index in [9.17, 15) is 27.6 Å². The second-order valence-electron chi connectivity index (χ2n) is 8.13. The summed E-state index contributed by atoms with van der Waals surface area (Å²) in [5.74, 6) is -2.51. The number of nitrogens with two attached hydrogens (primary N) is 1. The van der Waals surface area contributed by atoms with E-state index in [4.69, 9.17) is 15.9 Å². The highest BCUT2D eigenvalue weighted by Gasteiger charge is 2.30. The second-order valence-corrected chi connectivity index (χ2v) is 8.13. The minimum atomic E-state index is -4.44. The zero-order chi connectivity index (χ0) is 28.7. The van der Waals surface area contributed by atoms with Crippen LogP contribution in [-0.2, 0) is 17.4 Å². The Balaban J connectivity index is 0.000000293. The van der Waals surface area contributed by atoms with E-state index in [1.807, 2.05) is 6.92 Å². The van der Waals surface area contributed by atoms with Crippen molar-refractivity contribution in [2.75, 3.05) is 5.32 Å². The van der Waals surface area contributed by atoms with Crippen LogP contribution >= 0.6 is 0 Å². The van der Waals surface area contributed by atoms with E-state index in [1.54, 1.807) is 24.4 Å². The molecule has 10 nitrogen and oxygen atoms in total. The summed E-state index contributed by atoms with van der Waals surface area (Å²) in [6.07, 6.45) is -2.91. The number of pyridine rings is 1. The number of amides is 1. The quantitative estimate of drug-likeness (QED) is 0.267. The van der Waals surface area contributed by atoms with Crippen LogP contribution in [0.3, 0.4) is 0 Å². The van der Waals surface area contributed by atoms with Gasteiger partial charge in [0.25, 0.3) is 0 Å². The van der Waals surface area contributed by atoms with E-state index in [1.165, 1.54) is 35.0 Å². The number of carboxylic acid groups (broad SMARTS) is 2. The monoisotopic (exact) mass is 541 g/mol. The van der Waals surface area contributed by atoms with Gasteiger partial charge in [-0.1, -0.05) is 12.1 Å². The van der Waals surface area contributed by atoms with Crippen molar-refractivity contribution in [3.8, 4) is 5.69 Å². The third-order valence-electron chi connectivity index (χ3n) is 5.08. The largest absolute Gasteiger partial charge is 0.478 e. The standard InChI is InChI=1S/C18H16F3N5O.C8H6O4/c1-11-7-14(5-6-23-11)26-15(9-16(22)27)10-17(25-26)24-13-4-2-3-12(8-13)18(19,20)21;9-7(10)5-2-1-3-6(4-5)8(11)12/h2-8,10H,9H2,1H3,(H2,22,27)(H,24,25);1-4H,(H,9,10)(H,11,12). The van der Waals surface area contributed by atoms with E-state index in [0.29, 0.717) is 17.2 Å². The summed E-state index contributed by atoms with van der Waals surface area (Å²) in [7, 11) is 0. The number of benzene rings is 2. The smallest absolute Gasteiger partial charge is 0.416 e. The molecule has 0 radical (unpaired) electrons. The number of carboxylic acids is 2. The van der Waals surface area contributed by atoms with Gasteiger partial charge in [-0.3, -0.25) is 9.78 Å². The Kier molecular flexibility index (Phi) is 8.66. The number of nitrogens with zero attached hydrogens (tertiary/aromatic N) is 3. The van der Waals surface area contributed by atoms with Gasteiger partial charge in [0.2, 0.25) is 5.91 Å². The highest BCUT2D eigenvalue weighted by molar-refractivity contribution is 5.93. The van der Waals surface area contributed by atoms with Crippen LogP contribution in [0, 0.1) is 6.92 Å². The lowest BCUT2D eigenvalue weighted by Crippen LogP contribution is -2.16. The molecule has 0 aliphatic carbocycles. The van der Waals surface area contributed by atoms with Crippen LogP contribution in [0.4, 0.5) is 24.7 Å². The molecule has 0 fully saturated rings. The highest BCUT2D eigenvalue weighted by atomic mass is 19.4. The predicted octanol–water partition coefficient (Wildman–Crippen LogP) is 4.45. The Morgan fingerprint density at radius 2 is 1.59 bits per heavy atom. The number of carbonyl (C=O) groups excluding carboxylic acids is 1. The van der Waals surface area contributed by atoms with Crippen molar-refractivity contribution < 1.29 is 37.8 Å². The van der Waals surface area contributed by atoms with Gasteiger partial charge in [0, 0.05) is 23.6 Å². The molecule has 0 bridgehead atoms. The van der Waals surface area contributed by atoms with Gasteiger partial charge in [-0.2, -0.15) is 13.2 Å². The normalized spacial score (nSPS) is 10.8. The number of halogens is 3. The molecular weight excluding hydrogens is 519 g/mol. The molecule has 0 aliphatic rings. The first-order valence-corrected chi connectivity index (χ1v) is 11.1. The first-order valence-electron chi connectivity index (χ1n) is 11.1. The summed E-state index contributed by atoms with van der Waals surface area (Å²) in [6, 6.07) is 15.0. The Morgan fingerprint density at radius 1 is 0.949 bits per heavy atom. The summed E-state index contributed by atoms with van der Waals surface area (Å²) < 4.78 is 40.1. The number of hydrogen-bond donors (Lipinski definition) is 4. The second kappa shape index (κ2) is 11.9. The number of aromatic nitrogens is 3. The van der Waals surface area contributed by atoms with Gasteiger partial charge in [-0.05, 0) is 55.5 Å². The number of hydrogen-bond acceptors (Lipinski definition) is 6. The van der Waals surface area contributed by atoms with E-state index in [-0.39, 0.29) is 23.2 Å². The van der Waals surface area contributed by atoms with Crippen LogP contribution in [0.1, 0.15) is 37.7 Å². The summed E-state index contributed by atoms with van der Waals surface area (Å²) >= 11 is 0. The zero-order valence-electron chi connectivity index (χ0n) is 20.3. The predicted molar refractivity (Wildman–Crippen MR) is 134 cm³/mol. The Labute approximate surface area is 219 Å². The number of aromatic carboxylic acids is 2. The maximum Gasteiger partial charge on any atom is 0.416 e. The van der Waals surface area contributed by atoms with Gasteiger partial charge >= 0.3 is 18.1 Å². The number of anilines is 2. The first kappa shape index (κ1) is 28.4. The number of alkyl halides is 3. The van der Waals surface area contributed by atoms with Gasteiger partial charge < -0.3 is 21.3 Å². The van der Waals surface area contributed by atoms with Gasteiger partial charge in [0.05, 0.1) is 34.5 Å². The fraction of sp³-hybridized carbons (Fsp3) is 0.115. The molecule has 5 N–H and O–H groups in total. The van der Waals surface area contributed by atoms with Gasteiger partial charge in [-0.15, -0.1) is 5.10 Å². The van der Waals surface area contributed by atoms with Crippen LogP contribution in [0.2, 0.25) is 0 Å². The molecule has 0 aliphatic heterocycles. The van der Waals surface area contributed by atoms with Crippen molar-refractivity contribution in [1.82, 2.24) is 14.8 Å². The lowest BCUT2D eigenvalue weighted by atomic mass is 10.1. The topological polar surface area (TPSA) is 160 Å². The van der Waals surface area contributed by atoms with Gasteiger partial charge in [0.15, 0.2) is 5.82 Å². The molecule has 2 heterocycles. The molecule has 0 unspecified atom stereocenters. The first-order chi connectivity index (χ1) is 18.3. The Bertz CT molecular complexity index is 1490. The van der Waals surface area contributed by atoms with Crippen molar-refractivity contribution in [3.05, 3.63) is 101 Å². The fourth-order valence-electron chi connectivity index (χ4n) is 3.38. The van der Waals surface area contributed by atoms with Gasteiger partial charge in [0.1, 0.15) is 0 Å². The maximum atomic E-state index is 12.9. The minimum absolute atomic E-state index is 0.0186. The molecule has 4 rings (SSSR count). The van der Waals surface area contributed by atoms with Gasteiger partial charge in [-0.25, -0.2) is 14.3 Å². The fourth-order valence-corrected chi connectivity index (χ4v) is 3.38. The molecule has 0 atom stereocenters. The van der Waals surface area contributed by atoms with E-state index < -0.39 is 29.6 Å². The van der Waals surface area contributed by atoms with Crippen LogP contribution in [0.5, 0.6) is 0 Å². The number of aryl methyl sites for hydroxylation is 1. The third kappa shape index (κ3) is 7.89. The summed E-state index contributed by atoms with van der Waals surface area (Å²) in [4.78, 5) is 36.2. The minimum Gasteiger partial charge on any atom is -0.478 e.